The van der Waals surface area contributed by atoms with Gasteiger partial charge in [-0.05, 0) is 25.7 Å². The van der Waals surface area contributed by atoms with Crippen LogP contribution in [0.3, 0.4) is 0 Å². The third kappa shape index (κ3) is 2.97. The third-order valence-corrected chi connectivity index (χ3v) is 7.24. The number of hydrogen-bond donors (Lipinski definition) is 2. The molecule has 4 atom stereocenters. The fourth-order valence-corrected chi connectivity index (χ4v) is 6.03. The third-order valence-electron chi connectivity index (χ3n) is 5.38. The molecule has 2 aliphatic carbocycles. The fraction of sp³-hybridized carbons (Fsp3) is 0.867. The molecule has 122 valence electrons. The van der Waals surface area contributed by atoms with Gasteiger partial charge in [-0.2, -0.15) is 0 Å². The highest BCUT2D eigenvalue weighted by Crippen LogP contribution is 2.64. The lowest BCUT2D eigenvalue weighted by Gasteiger charge is -2.49. The average molecular weight is 322 g/mol. The van der Waals surface area contributed by atoms with E-state index >= 15 is 0 Å². The minimum Gasteiger partial charge on any atom is -0.324 e. The van der Waals surface area contributed by atoms with Gasteiger partial charge in [0.05, 0.1) is 0 Å². The van der Waals surface area contributed by atoms with Crippen molar-refractivity contribution in [1.29, 1.82) is 0 Å². The molecule has 3 nitrogen and oxygen atoms in total. The van der Waals surface area contributed by atoms with Crippen LogP contribution >= 0.6 is 7.60 Å². The van der Waals surface area contributed by atoms with Crippen LogP contribution in [0.25, 0.3) is 0 Å². The maximum atomic E-state index is 14.4. The molecule has 2 saturated carbocycles. The van der Waals surface area contributed by atoms with Gasteiger partial charge in [-0.15, -0.1) is 6.58 Å². The molecule has 4 unspecified atom stereocenters. The van der Waals surface area contributed by atoms with Crippen LogP contribution in [0.4, 0.5) is 8.78 Å². The highest BCUT2D eigenvalue weighted by atomic mass is 31.2. The zero-order valence-corrected chi connectivity index (χ0v) is 13.2. The molecule has 0 radical (unpaired) electrons. The molecule has 0 saturated heterocycles. The SMILES string of the molecule is C=CC(C1CCCCC1F)(C1CCCCC1F)P(=O)(O)O. The van der Waals surface area contributed by atoms with Crippen molar-refractivity contribution in [3.05, 3.63) is 12.7 Å². The smallest absolute Gasteiger partial charge is 0.324 e. The predicted molar refractivity (Wildman–Crippen MR) is 78.7 cm³/mol. The summed E-state index contributed by atoms with van der Waals surface area (Å²) in [6.07, 6.45) is 2.85. The van der Waals surface area contributed by atoms with Gasteiger partial charge in [0.2, 0.25) is 0 Å². The van der Waals surface area contributed by atoms with Crippen LogP contribution in [-0.4, -0.2) is 27.3 Å². The fourth-order valence-electron chi connectivity index (χ4n) is 4.34. The molecule has 0 aliphatic heterocycles. The van der Waals surface area contributed by atoms with Crippen LogP contribution < -0.4 is 0 Å². The van der Waals surface area contributed by atoms with Crippen molar-refractivity contribution in [2.24, 2.45) is 11.8 Å². The van der Waals surface area contributed by atoms with Gasteiger partial charge in [-0.3, -0.25) is 4.57 Å². The number of hydrogen-bond acceptors (Lipinski definition) is 1. The molecule has 0 aromatic rings. The molecule has 0 heterocycles. The molecule has 2 fully saturated rings. The van der Waals surface area contributed by atoms with Crippen molar-refractivity contribution < 1.29 is 23.1 Å². The Labute approximate surface area is 125 Å². The Morgan fingerprint density at radius 1 is 0.952 bits per heavy atom. The maximum Gasteiger partial charge on any atom is 0.336 e. The summed E-state index contributed by atoms with van der Waals surface area (Å²) in [4.78, 5) is 19.9. The first-order valence-corrected chi connectivity index (χ1v) is 9.43. The quantitative estimate of drug-likeness (QED) is 0.604. The number of allylic oxidation sites excluding steroid dienone is 1. The summed E-state index contributed by atoms with van der Waals surface area (Å²) in [5, 5.41) is -1.76. The lowest BCUT2D eigenvalue weighted by Crippen LogP contribution is -2.52. The second-order valence-electron chi connectivity index (χ2n) is 6.45. The standard InChI is InChI=1S/C15H25F2O3P/c1-2-15(21(18,19)20,11-7-3-5-9-13(11)16)12-8-4-6-10-14(12)17/h2,11-14H,1,3-10H2,(H2,18,19,20). The molecule has 2 aliphatic rings. The normalized spacial score (nSPS) is 37.7. The zero-order chi connectivity index (χ0) is 15.7. The van der Waals surface area contributed by atoms with E-state index in [0.29, 0.717) is 25.7 Å². The Hall–Kier alpha value is -0.250. The van der Waals surface area contributed by atoms with Crippen molar-refractivity contribution >= 4 is 7.60 Å². The summed E-state index contributed by atoms with van der Waals surface area (Å²) >= 11 is 0. The van der Waals surface area contributed by atoms with E-state index in [1.165, 1.54) is 6.08 Å². The number of halogens is 2. The van der Waals surface area contributed by atoms with E-state index in [-0.39, 0.29) is 0 Å². The first-order valence-electron chi connectivity index (χ1n) is 7.82. The van der Waals surface area contributed by atoms with Gasteiger partial charge in [0, 0.05) is 11.8 Å². The van der Waals surface area contributed by atoms with Crippen LogP contribution in [0, 0.1) is 11.8 Å². The number of rotatable bonds is 4. The summed E-state index contributed by atoms with van der Waals surface area (Å²) in [6, 6.07) is 0. The Balaban J connectivity index is 2.47. The predicted octanol–water partition coefficient (Wildman–Crippen LogP) is 4.15. The first-order chi connectivity index (χ1) is 9.84. The van der Waals surface area contributed by atoms with Gasteiger partial charge in [0.15, 0.2) is 0 Å². The molecule has 6 heteroatoms. The topological polar surface area (TPSA) is 57.5 Å². The van der Waals surface area contributed by atoms with Gasteiger partial charge < -0.3 is 9.79 Å². The van der Waals surface area contributed by atoms with Crippen LogP contribution in [0.15, 0.2) is 12.7 Å². The van der Waals surface area contributed by atoms with Crippen LogP contribution in [0.5, 0.6) is 0 Å². The largest absolute Gasteiger partial charge is 0.336 e. The van der Waals surface area contributed by atoms with E-state index in [4.69, 9.17) is 0 Å². The van der Waals surface area contributed by atoms with Gasteiger partial charge in [-0.1, -0.05) is 31.8 Å². The zero-order valence-electron chi connectivity index (χ0n) is 12.3. The van der Waals surface area contributed by atoms with Crippen molar-refractivity contribution in [1.82, 2.24) is 0 Å². The second kappa shape index (κ2) is 6.47. The summed E-state index contributed by atoms with van der Waals surface area (Å²) < 4.78 is 41.1. The van der Waals surface area contributed by atoms with Gasteiger partial charge in [0.1, 0.15) is 17.5 Å². The van der Waals surface area contributed by atoms with Gasteiger partial charge in [0.25, 0.3) is 0 Å². The van der Waals surface area contributed by atoms with E-state index < -0.39 is 36.9 Å². The van der Waals surface area contributed by atoms with Crippen molar-refractivity contribution in [3.63, 3.8) is 0 Å². The highest BCUT2D eigenvalue weighted by molar-refractivity contribution is 7.53. The van der Waals surface area contributed by atoms with Crippen molar-refractivity contribution in [2.45, 2.75) is 68.9 Å². The van der Waals surface area contributed by atoms with E-state index in [9.17, 15) is 23.1 Å². The molecule has 0 bridgehead atoms. The molecule has 2 rings (SSSR count). The average Bonchev–Trinajstić information content (AvgIpc) is 2.42. The molecule has 2 N–H and O–H groups in total. The maximum absolute atomic E-state index is 14.4. The van der Waals surface area contributed by atoms with Crippen LogP contribution in [0.2, 0.25) is 0 Å². The van der Waals surface area contributed by atoms with E-state index in [1.807, 2.05) is 0 Å². The van der Waals surface area contributed by atoms with Crippen molar-refractivity contribution in [2.75, 3.05) is 0 Å². The van der Waals surface area contributed by atoms with E-state index in [2.05, 4.69) is 6.58 Å². The van der Waals surface area contributed by atoms with Crippen molar-refractivity contribution in [3.8, 4) is 0 Å². The van der Waals surface area contributed by atoms with E-state index in [0.717, 1.165) is 25.7 Å². The lowest BCUT2D eigenvalue weighted by molar-refractivity contribution is 0.0530. The van der Waals surface area contributed by atoms with Gasteiger partial charge >= 0.3 is 7.60 Å². The van der Waals surface area contributed by atoms with Gasteiger partial charge in [-0.25, -0.2) is 8.78 Å². The molecular formula is C15H25F2O3P. The number of alkyl halides is 2. The highest BCUT2D eigenvalue weighted by Gasteiger charge is 2.60. The summed E-state index contributed by atoms with van der Waals surface area (Å²) in [5.74, 6) is -1.66. The minimum absolute atomic E-state index is 0.296. The Morgan fingerprint density at radius 2 is 1.33 bits per heavy atom. The van der Waals surface area contributed by atoms with Crippen LogP contribution in [-0.2, 0) is 4.57 Å². The summed E-state index contributed by atoms with van der Waals surface area (Å²) in [6.45, 7) is 3.59. The lowest BCUT2D eigenvalue weighted by atomic mass is 9.67. The monoisotopic (exact) mass is 322 g/mol. The Morgan fingerprint density at radius 3 is 1.62 bits per heavy atom. The molecule has 0 spiro atoms. The molecule has 21 heavy (non-hydrogen) atoms. The van der Waals surface area contributed by atoms with Crippen LogP contribution in [0.1, 0.15) is 51.4 Å². The molecule has 0 aromatic carbocycles. The minimum atomic E-state index is -4.72. The molecule has 0 aromatic heterocycles. The van der Waals surface area contributed by atoms with E-state index in [1.54, 1.807) is 0 Å². The first kappa shape index (κ1) is 17.1. The second-order valence-corrected chi connectivity index (χ2v) is 8.31. The molecule has 0 amide bonds. The Bertz CT molecular complexity index is 401. The summed E-state index contributed by atoms with van der Waals surface area (Å²) in [5.41, 5.74) is 0. The summed E-state index contributed by atoms with van der Waals surface area (Å²) in [7, 11) is -4.72. The molecular weight excluding hydrogens is 297 g/mol. The Kier molecular flexibility index (Phi) is 5.27.